The molecule has 186 valence electrons. The van der Waals surface area contributed by atoms with E-state index in [1.54, 1.807) is 16.7 Å². The van der Waals surface area contributed by atoms with Crippen molar-refractivity contribution in [3.05, 3.63) is 92.5 Å². The van der Waals surface area contributed by atoms with Crippen molar-refractivity contribution < 1.29 is 4.79 Å². The molecule has 1 aliphatic heterocycles. The van der Waals surface area contributed by atoms with E-state index in [-0.39, 0.29) is 40.2 Å². The van der Waals surface area contributed by atoms with E-state index in [1.807, 2.05) is 42.5 Å². The number of benzene rings is 2. The number of nitrogens with two attached hydrogens (primary N) is 1. The molecule has 2 atom stereocenters. The van der Waals surface area contributed by atoms with Gasteiger partial charge in [0.2, 0.25) is 5.91 Å². The number of carbonyl (C=O) groups is 1. The summed E-state index contributed by atoms with van der Waals surface area (Å²) in [4.78, 5) is 31.4. The molecule has 9 heteroatoms. The Morgan fingerprint density at radius 1 is 1.11 bits per heavy atom. The van der Waals surface area contributed by atoms with Crippen LogP contribution < -0.4 is 21.9 Å². The van der Waals surface area contributed by atoms with Crippen molar-refractivity contribution in [2.24, 2.45) is 5.73 Å². The minimum absolute atomic E-state index is 0.00576. The minimum atomic E-state index is -0.680. The summed E-state index contributed by atoms with van der Waals surface area (Å²) in [6.45, 7) is 0.299. The second-order valence-electron chi connectivity index (χ2n) is 9.55. The summed E-state index contributed by atoms with van der Waals surface area (Å²) in [5, 5.41) is 14.0. The smallest absolute Gasteiger partial charge is 0.294 e. The number of hydrogen-bond acceptors (Lipinski definition) is 5. The number of carbonyl (C=O) groups excluding carboxylic acids is 1. The molecule has 0 saturated heterocycles. The molecule has 2 aromatic carbocycles. The number of amidine groups is 1. The molecule has 1 fully saturated rings. The number of nitrogen functional groups attached to an aromatic ring is 1. The number of fused-ring (bicyclic) bond motifs is 1. The van der Waals surface area contributed by atoms with E-state index in [4.69, 9.17) is 22.7 Å². The highest BCUT2D eigenvalue weighted by Gasteiger charge is 2.39. The van der Waals surface area contributed by atoms with Crippen molar-refractivity contribution in [2.45, 2.75) is 56.7 Å². The zero-order chi connectivity index (χ0) is 25.2. The molecule has 3 aromatic rings. The molecule has 1 amide bonds. The highest BCUT2D eigenvalue weighted by molar-refractivity contribution is 6.30. The van der Waals surface area contributed by atoms with Crippen LogP contribution >= 0.6 is 11.6 Å². The van der Waals surface area contributed by atoms with Crippen molar-refractivity contribution in [3.8, 4) is 0 Å². The normalized spacial score (nSPS) is 18.8. The molecule has 5 N–H and O–H groups in total. The lowest BCUT2D eigenvalue weighted by molar-refractivity contribution is -0.124. The maximum atomic E-state index is 13.5. The Hall–Kier alpha value is -3.65. The van der Waals surface area contributed by atoms with Gasteiger partial charge in [0.1, 0.15) is 11.9 Å². The van der Waals surface area contributed by atoms with Crippen LogP contribution in [0.1, 0.15) is 60.0 Å². The molecule has 5 rings (SSSR count). The van der Waals surface area contributed by atoms with Crippen molar-refractivity contribution in [1.29, 1.82) is 5.41 Å². The number of halogens is 1. The predicted molar refractivity (Wildman–Crippen MR) is 141 cm³/mol. The average Bonchev–Trinajstić information content (AvgIpc) is 3.23. The number of rotatable bonds is 8. The Balaban J connectivity index is 1.42. The van der Waals surface area contributed by atoms with Gasteiger partial charge >= 0.3 is 0 Å². The van der Waals surface area contributed by atoms with Gasteiger partial charge in [-0.1, -0.05) is 66.2 Å². The van der Waals surface area contributed by atoms with Gasteiger partial charge in [0.05, 0.1) is 5.69 Å². The van der Waals surface area contributed by atoms with E-state index in [9.17, 15) is 9.59 Å². The fraction of sp³-hybridized carbons (Fsp3) is 0.333. The Morgan fingerprint density at radius 3 is 2.47 bits per heavy atom. The topological polar surface area (TPSA) is 126 Å². The summed E-state index contributed by atoms with van der Waals surface area (Å²) in [7, 11) is 0. The number of hydrogen-bond donors (Lipinski definition) is 4. The molecule has 0 bridgehead atoms. The Labute approximate surface area is 214 Å². The second-order valence-corrected chi connectivity index (χ2v) is 9.91. The van der Waals surface area contributed by atoms with Gasteiger partial charge in [0, 0.05) is 24.1 Å². The molecule has 8 nitrogen and oxygen atoms in total. The lowest BCUT2D eigenvalue weighted by atomic mass is 9.93. The van der Waals surface area contributed by atoms with Crippen LogP contribution in [-0.2, 0) is 17.8 Å². The van der Waals surface area contributed by atoms with Crippen molar-refractivity contribution in [1.82, 2.24) is 14.9 Å². The zero-order valence-corrected chi connectivity index (χ0v) is 20.6. The number of nitrogens with one attached hydrogen (secondary N) is 3. The largest absolute Gasteiger partial charge is 0.384 e. The van der Waals surface area contributed by atoms with Crippen LogP contribution in [-0.4, -0.2) is 27.3 Å². The first-order chi connectivity index (χ1) is 17.4. The van der Waals surface area contributed by atoms with Crippen LogP contribution in [0.4, 0.5) is 5.82 Å². The van der Waals surface area contributed by atoms with E-state index >= 15 is 0 Å². The van der Waals surface area contributed by atoms with E-state index in [0.717, 1.165) is 30.4 Å². The molecule has 2 aliphatic rings. The zero-order valence-electron chi connectivity index (χ0n) is 19.8. The summed E-state index contributed by atoms with van der Waals surface area (Å²) in [6, 6.07) is 16.7. The third-order valence-electron chi connectivity index (χ3n) is 7.11. The lowest BCUT2D eigenvalue weighted by Gasteiger charge is -2.27. The monoisotopic (exact) mass is 504 g/mol. The molecule has 1 aliphatic carbocycles. The first-order valence-electron chi connectivity index (χ1n) is 12.2. The van der Waals surface area contributed by atoms with Gasteiger partial charge < -0.3 is 16.4 Å². The van der Waals surface area contributed by atoms with Gasteiger partial charge in [0.25, 0.3) is 5.56 Å². The van der Waals surface area contributed by atoms with Crippen molar-refractivity contribution in [3.63, 3.8) is 0 Å². The SMILES string of the molecule is N=C(N)c1ccc(CNC(=O)[C@@H]2C[C@H](Cc3ccccc3)c3c(Cl)nc(NC4CCC4)c(=O)n32)cc1. The van der Waals surface area contributed by atoms with Crippen LogP contribution in [0, 0.1) is 5.41 Å². The van der Waals surface area contributed by atoms with E-state index in [2.05, 4.69) is 15.6 Å². The summed E-state index contributed by atoms with van der Waals surface area (Å²) < 4.78 is 1.55. The highest BCUT2D eigenvalue weighted by atomic mass is 35.5. The second kappa shape index (κ2) is 10.1. The van der Waals surface area contributed by atoms with Crippen LogP contribution in [0.3, 0.4) is 0 Å². The Kier molecular flexibility index (Phi) is 6.78. The van der Waals surface area contributed by atoms with Crippen LogP contribution in [0.15, 0.2) is 59.4 Å². The van der Waals surface area contributed by atoms with Crippen LogP contribution in [0.25, 0.3) is 0 Å². The first-order valence-corrected chi connectivity index (χ1v) is 12.6. The number of anilines is 1. The van der Waals surface area contributed by atoms with Crippen molar-refractivity contribution >= 4 is 29.2 Å². The highest BCUT2D eigenvalue weighted by Crippen LogP contribution is 2.40. The quantitative estimate of drug-likeness (QED) is 0.274. The molecule has 0 unspecified atom stereocenters. The third kappa shape index (κ3) is 4.86. The molecule has 36 heavy (non-hydrogen) atoms. The molecule has 1 aromatic heterocycles. The molecule has 2 heterocycles. The van der Waals surface area contributed by atoms with Gasteiger partial charge in [-0.2, -0.15) is 0 Å². The number of amides is 1. The van der Waals surface area contributed by atoms with Crippen LogP contribution in [0.5, 0.6) is 0 Å². The summed E-state index contributed by atoms with van der Waals surface area (Å²) in [5.41, 5.74) is 8.45. The molecule has 1 saturated carbocycles. The fourth-order valence-electron chi connectivity index (χ4n) is 4.94. The number of nitrogens with zero attached hydrogens (tertiary/aromatic N) is 2. The van der Waals surface area contributed by atoms with Crippen LogP contribution in [0.2, 0.25) is 5.15 Å². The molecular weight excluding hydrogens is 476 g/mol. The third-order valence-corrected chi connectivity index (χ3v) is 7.39. The molecule has 0 spiro atoms. The maximum absolute atomic E-state index is 13.5. The summed E-state index contributed by atoms with van der Waals surface area (Å²) in [6.07, 6.45) is 4.23. The molecular formula is C27H29ClN6O2. The van der Waals surface area contributed by atoms with Gasteiger partial charge in [-0.3, -0.25) is 19.6 Å². The van der Waals surface area contributed by atoms with E-state index in [0.29, 0.717) is 30.6 Å². The minimum Gasteiger partial charge on any atom is -0.384 e. The standard InChI is InChI=1S/C27H29ClN6O2/c28-23-22-19(13-16-5-2-1-3-6-16)14-21(34(22)27(36)25(33-23)32-20-7-4-8-20)26(35)31-15-17-9-11-18(12-10-17)24(29)30/h1-3,5-6,9-12,19-21H,4,7-8,13-15H2,(H3,29,30)(H,31,35)(H,32,33)/t19-,21-/m0/s1. The van der Waals surface area contributed by atoms with Gasteiger partial charge in [-0.15, -0.1) is 0 Å². The van der Waals surface area contributed by atoms with Gasteiger partial charge in [0.15, 0.2) is 11.0 Å². The summed E-state index contributed by atoms with van der Waals surface area (Å²) in [5.74, 6) is -0.134. The maximum Gasteiger partial charge on any atom is 0.294 e. The van der Waals surface area contributed by atoms with E-state index in [1.165, 1.54) is 0 Å². The predicted octanol–water partition coefficient (Wildman–Crippen LogP) is 3.73. The molecule has 0 radical (unpaired) electrons. The Bertz CT molecular complexity index is 1330. The number of aromatic nitrogens is 2. The van der Waals surface area contributed by atoms with E-state index < -0.39 is 6.04 Å². The van der Waals surface area contributed by atoms with Gasteiger partial charge in [-0.05, 0) is 43.2 Å². The fourth-order valence-corrected chi connectivity index (χ4v) is 5.27. The summed E-state index contributed by atoms with van der Waals surface area (Å²) >= 11 is 6.67. The lowest BCUT2D eigenvalue weighted by Crippen LogP contribution is -2.38. The van der Waals surface area contributed by atoms with Crippen molar-refractivity contribution in [2.75, 3.05) is 5.32 Å². The van der Waals surface area contributed by atoms with Gasteiger partial charge in [-0.25, -0.2) is 4.98 Å². The Morgan fingerprint density at radius 2 is 1.83 bits per heavy atom. The first kappa shape index (κ1) is 24.1. The average molecular weight is 505 g/mol.